The number of aromatic nitrogens is 2. The normalized spacial score (nSPS) is 10.4. The number of hydrogen-bond donors (Lipinski definition) is 2. The zero-order valence-electron chi connectivity index (χ0n) is 9.01. The SMILES string of the molecule is O=C(NCc1ncc[nH]1)c1cc(Cl)cc(Cl)c1I. The van der Waals surface area contributed by atoms with E-state index < -0.39 is 0 Å². The average molecular weight is 396 g/mol. The topological polar surface area (TPSA) is 57.8 Å². The Morgan fingerprint density at radius 2 is 2.22 bits per heavy atom. The standard InChI is InChI=1S/C11H8Cl2IN3O/c12-6-3-7(10(14)8(13)4-6)11(18)17-5-9-15-1-2-16-9/h1-4H,5H2,(H,15,16)(H,17,18). The van der Waals surface area contributed by atoms with Crippen molar-refractivity contribution in [1.29, 1.82) is 0 Å². The quantitative estimate of drug-likeness (QED) is 0.619. The Bertz CT molecular complexity index is 572. The van der Waals surface area contributed by atoms with Crippen molar-refractivity contribution in [2.75, 3.05) is 0 Å². The Labute approximate surface area is 127 Å². The lowest BCUT2D eigenvalue weighted by Gasteiger charge is -2.07. The van der Waals surface area contributed by atoms with Gasteiger partial charge in [0, 0.05) is 21.0 Å². The Kier molecular flexibility index (Phi) is 4.47. The number of aromatic amines is 1. The number of rotatable bonds is 3. The third-order valence-corrected chi connectivity index (χ3v) is 4.21. The first-order valence-corrected chi connectivity index (χ1v) is 6.82. The summed E-state index contributed by atoms with van der Waals surface area (Å²) in [5.41, 5.74) is 0.458. The molecule has 2 aromatic rings. The monoisotopic (exact) mass is 395 g/mol. The van der Waals surface area contributed by atoms with Crippen molar-refractivity contribution in [3.8, 4) is 0 Å². The maximum Gasteiger partial charge on any atom is 0.252 e. The van der Waals surface area contributed by atoms with Gasteiger partial charge in [0.15, 0.2) is 0 Å². The fourth-order valence-electron chi connectivity index (χ4n) is 1.38. The van der Waals surface area contributed by atoms with Gasteiger partial charge in [-0.3, -0.25) is 4.79 Å². The molecular formula is C11H8Cl2IN3O. The van der Waals surface area contributed by atoms with E-state index >= 15 is 0 Å². The van der Waals surface area contributed by atoms with Crippen LogP contribution in [0.5, 0.6) is 0 Å². The predicted octanol–water partition coefficient (Wildman–Crippen LogP) is 3.25. The molecule has 1 aromatic heterocycles. The summed E-state index contributed by atoms with van der Waals surface area (Å²) in [5, 5.41) is 3.64. The number of carbonyl (C=O) groups is 1. The molecule has 0 radical (unpaired) electrons. The molecule has 7 heteroatoms. The van der Waals surface area contributed by atoms with Crippen LogP contribution in [-0.4, -0.2) is 15.9 Å². The van der Waals surface area contributed by atoms with Gasteiger partial charge in [0.1, 0.15) is 5.82 Å². The van der Waals surface area contributed by atoms with Gasteiger partial charge in [-0.25, -0.2) is 4.98 Å². The highest BCUT2D eigenvalue weighted by Gasteiger charge is 2.14. The molecule has 0 bridgehead atoms. The number of halogens is 3. The number of benzene rings is 1. The average Bonchev–Trinajstić information content (AvgIpc) is 2.83. The lowest BCUT2D eigenvalue weighted by Crippen LogP contribution is -2.24. The lowest BCUT2D eigenvalue weighted by molar-refractivity contribution is 0.0949. The third-order valence-electron chi connectivity index (χ3n) is 2.21. The Morgan fingerprint density at radius 1 is 1.44 bits per heavy atom. The van der Waals surface area contributed by atoms with Crippen LogP contribution in [0.25, 0.3) is 0 Å². The predicted molar refractivity (Wildman–Crippen MR) is 78.9 cm³/mol. The van der Waals surface area contributed by atoms with Gasteiger partial charge in [-0.15, -0.1) is 0 Å². The summed E-state index contributed by atoms with van der Waals surface area (Å²) < 4.78 is 0.676. The Balaban J connectivity index is 2.14. The summed E-state index contributed by atoms with van der Waals surface area (Å²) in [4.78, 5) is 18.9. The zero-order valence-corrected chi connectivity index (χ0v) is 12.7. The van der Waals surface area contributed by atoms with E-state index in [1.54, 1.807) is 24.5 Å². The van der Waals surface area contributed by atoms with Crippen molar-refractivity contribution in [2.45, 2.75) is 6.54 Å². The maximum absolute atomic E-state index is 12.0. The highest BCUT2D eigenvalue weighted by molar-refractivity contribution is 14.1. The van der Waals surface area contributed by atoms with Gasteiger partial charge in [0.2, 0.25) is 0 Å². The van der Waals surface area contributed by atoms with Crippen molar-refractivity contribution in [2.24, 2.45) is 0 Å². The summed E-state index contributed by atoms with van der Waals surface area (Å²) >= 11 is 13.9. The first-order valence-electron chi connectivity index (χ1n) is 4.99. The minimum atomic E-state index is -0.236. The van der Waals surface area contributed by atoms with E-state index in [-0.39, 0.29) is 5.91 Å². The molecular weight excluding hydrogens is 388 g/mol. The summed E-state index contributed by atoms with van der Waals surface area (Å²) in [5.74, 6) is 0.451. The van der Waals surface area contributed by atoms with Crippen LogP contribution in [0.15, 0.2) is 24.5 Å². The van der Waals surface area contributed by atoms with Crippen molar-refractivity contribution in [3.63, 3.8) is 0 Å². The molecule has 94 valence electrons. The molecule has 0 aliphatic heterocycles. The number of hydrogen-bond acceptors (Lipinski definition) is 2. The van der Waals surface area contributed by atoms with E-state index in [4.69, 9.17) is 23.2 Å². The molecule has 2 rings (SSSR count). The van der Waals surface area contributed by atoms with Crippen molar-refractivity contribution >= 4 is 51.7 Å². The van der Waals surface area contributed by atoms with E-state index in [0.717, 1.165) is 0 Å². The van der Waals surface area contributed by atoms with Crippen LogP contribution in [0, 0.1) is 3.57 Å². The molecule has 2 N–H and O–H groups in total. The second-order valence-electron chi connectivity index (χ2n) is 3.47. The molecule has 1 amide bonds. The molecule has 0 atom stereocenters. The second kappa shape index (κ2) is 5.90. The van der Waals surface area contributed by atoms with E-state index in [9.17, 15) is 4.79 Å². The minimum Gasteiger partial charge on any atom is -0.347 e. The number of amides is 1. The molecule has 0 aliphatic rings. The highest BCUT2D eigenvalue weighted by atomic mass is 127. The van der Waals surface area contributed by atoms with Crippen LogP contribution >= 0.6 is 45.8 Å². The van der Waals surface area contributed by atoms with Gasteiger partial charge in [-0.2, -0.15) is 0 Å². The summed E-state index contributed by atoms with van der Waals surface area (Å²) in [6, 6.07) is 3.20. The first-order chi connectivity index (χ1) is 8.58. The lowest BCUT2D eigenvalue weighted by atomic mass is 10.2. The van der Waals surface area contributed by atoms with Crippen LogP contribution in [0.1, 0.15) is 16.2 Å². The molecule has 0 saturated carbocycles. The highest BCUT2D eigenvalue weighted by Crippen LogP contribution is 2.26. The van der Waals surface area contributed by atoms with Crippen LogP contribution in [-0.2, 0) is 6.54 Å². The minimum absolute atomic E-state index is 0.236. The Morgan fingerprint density at radius 3 is 2.89 bits per heavy atom. The molecule has 0 spiro atoms. The van der Waals surface area contributed by atoms with Gasteiger partial charge < -0.3 is 10.3 Å². The fourth-order valence-corrected chi connectivity index (χ4v) is 2.42. The van der Waals surface area contributed by atoms with Crippen molar-refractivity contribution in [1.82, 2.24) is 15.3 Å². The van der Waals surface area contributed by atoms with Crippen molar-refractivity contribution < 1.29 is 4.79 Å². The first kappa shape index (κ1) is 13.6. The fraction of sp³-hybridized carbons (Fsp3) is 0.0909. The molecule has 1 aromatic carbocycles. The number of nitrogens with one attached hydrogen (secondary N) is 2. The maximum atomic E-state index is 12.0. The van der Waals surface area contributed by atoms with Gasteiger partial charge >= 0.3 is 0 Å². The van der Waals surface area contributed by atoms with E-state index in [2.05, 4.69) is 15.3 Å². The van der Waals surface area contributed by atoms with Gasteiger partial charge in [0.05, 0.1) is 17.1 Å². The summed E-state index contributed by atoms with van der Waals surface area (Å²) in [6.07, 6.45) is 3.32. The molecule has 0 saturated heterocycles. The van der Waals surface area contributed by atoms with E-state index in [0.29, 0.717) is 31.5 Å². The third kappa shape index (κ3) is 3.15. The molecule has 0 unspecified atom stereocenters. The van der Waals surface area contributed by atoms with Gasteiger partial charge in [-0.1, -0.05) is 23.2 Å². The Hall–Kier alpha value is -0.790. The molecule has 18 heavy (non-hydrogen) atoms. The molecule has 0 fully saturated rings. The van der Waals surface area contributed by atoms with Crippen molar-refractivity contribution in [3.05, 3.63) is 49.5 Å². The zero-order chi connectivity index (χ0) is 13.1. The van der Waals surface area contributed by atoms with Gasteiger partial charge in [0.25, 0.3) is 5.91 Å². The summed E-state index contributed by atoms with van der Waals surface area (Å²) in [6.45, 7) is 0.325. The number of imidazole rings is 1. The smallest absolute Gasteiger partial charge is 0.252 e. The number of H-pyrrole nitrogens is 1. The van der Waals surface area contributed by atoms with E-state index in [1.165, 1.54) is 0 Å². The summed E-state index contributed by atoms with van der Waals surface area (Å²) in [7, 11) is 0. The number of nitrogens with zero attached hydrogens (tertiary/aromatic N) is 1. The van der Waals surface area contributed by atoms with Crippen LogP contribution in [0.2, 0.25) is 10.0 Å². The molecule has 4 nitrogen and oxygen atoms in total. The van der Waals surface area contributed by atoms with Gasteiger partial charge in [-0.05, 0) is 34.7 Å². The largest absolute Gasteiger partial charge is 0.347 e. The number of carbonyl (C=O) groups excluding carboxylic acids is 1. The van der Waals surface area contributed by atoms with Crippen LogP contribution in [0.3, 0.4) is 0 Å². The molecule has 0 aliphatic carbocycles. The van der Waals surface area contributed by atoms with E-state index in [1.807, 2.05) is 22.6 Å². The molecule has 1 heterocycles. The second-order valence-corrected chi connectivity index (χ2v) is 5.39. The van der Waals surface area contributed by atoms with Crippen LogP contribution < -0.4 is 5.32 Å². The van der Waals surface area contributed by atoms with Crippen LogP contribution in [0.4, 0.5) is 0 Å².